The van der Waals surface area contributed by atoms with Gasteiger partial charge in [0.1, 0.15) is 5.82 Å². The van der Waals surface area contributed by atoms with Crippen LogP contribution in [0.4, 0.5) is 5.82 Å². The lowest BCUT2D eigenvalue weighted by Crippen LogP contribution is -2.12. The highest BCUT2D eigenvalue weighted by Gasteiger charge is 2.01. The molecule has 0 aliphatic rings. The van der Waals surface area contributed by atoms with Crippen molar-refractivity contribution in [1.82, 2.24) is 4.98 Å². The SMILES string of the molecule is O=C(CCCCl)Nc1ccc(I)cn1. The number of hydrogen-bond acceptors (Lipinski definition) is 2. The Morgan fingerprint density at radius 2 is 2.36 bits per heavy atom. The number of carbonyl (C=O) groups excluding carboxylic acids is 1. The topological polar surface area (TPSA) is 42.0 Å². The lowest BCUT2D eigenvalue weighted by atomic mass is 10.3. The number of carbonyl (C=O) groups is 1. The molecule has 0 atom stereocenters. The third-order valence-corrected chi connectivity index (χ3v) is 2.44. The summed E-state index contributed by atoms with van der Waals surface area (Å²) in [6, 6.07) is 3.67. The normalized spacial score (nSPS) is 9.86. The van der Waals surface area contributed by atoms with Crippen LogP contribution in [-0.2, 0) is 4.79 Å². The minimum Gasteiger partial charge on any atom is -0.311 e. The fourth-order valence-electron chi connectivity index (χ4n) is 0.882. The number of nitrogens with one attached hydrogen (secondary N) is 1. The van der Waals surface area contributed by atoms with E-state index in [0.29, 0.717) is 24.5 Å². The monoisotopic (exact) mass is 324 g/mol. The summed E-state index contributed by atoms with van der Waals surface area (Å²) in [5.74, 6) is 1.05. The molecule has 1 aromatic rings. The van der Waals surface area contributed by atoms with Crippen LogP contribution in [0.15, 0.2) is 18.3 Å². The summed E-state index contributed by atoms with van der Waals surface area (Å²) in [7, 11) is 0. The first-order chi connectivity index (χ1) is 6.72. The first-order valence-corrected chi connectivity index (χ1v) is 5.81. The first-order valence-electron chi connectivity index (χ1n) is 4.20. The van der Waals surface area contributed by atoms with Gasteiger partial charge in [0.15, 0.2) is 0 Å². The van der Waals surface area contributed by atoms with E-state index >= 15 is 0 Å². The Bertz CT molecular complexity index is 302. The Balaban J connectivity index is 2.44. The molecule has 0 saturated heterocycles. The number of amides is 1. The molecule has 1 rings (SSSR count). The molecule has 0 saturated carbocycles. The molecule has 0 fully saturated rings. The van der Waals surface area contributed by atoms with Gasteiger partial charge in [-0.15, -0.1) is 11.6 Å². The molecule has 3 nitrogen and oxygen atoms in total. The quantitative estimate of drug-likeness (QED) is 0.683. The van der Waals surface area contributed by atoms with Crippen molar-refractivity contribution in [3.63, 3.8) is 0 Å². The summed E-state index contributed by atoms with van der Waals surface area (Å²) in [5.41, 5.74) is 0. The van der Waals surface area contributed by atoms with Gasteiger partial charge in [-0.1, -0.05) is 0 Å². The van der Waals surface area contributed by atoms with Gasteiger partial charge in [0, 0.05) is 22.1 Å². The minimum atomic E-state index is -0.0423. The highest BCUT2D eigenvalue weighted by atomic mass is 127. The van der Waals surface area contributed by atoms with Crippen molar-refractivity contribution in [2.75, 3.05) is 11.2 Å². The molecule has 0 bridgehead atoms. The van der Waals surface area contributed by atoms with E-state index in [1.54, 1.807) is 12.3 Å². The zero-order valence-corrected chi connectivity index (χ0v) is 10.4. The average Bonchev–Trinajstić information content (AvgIpc) is 2.18. The van der Waals surface area contributed by atoms with Crippen LogP contribution in [0.25, 0.3) is 0 Å². The zero-order valence-electron chi connectivity index (χ0n) is 7.46. The van der Waals surface area contributed by atoms with Crippen molar-refractivity contribution in [2.24, 2.45) is 0 Å². The van der Waals surface area contributed by atoms with E-state index in [1.807, 2.05) is 6.07 Å². The maximum atomic E-state index is 11.2. The van der Waals surface area contributed by atoms with Crippen molar-refractivity contribution in [2.45, 2.75) is 12.8 Å². The van der Waals surface area contributed by atoms with E-state index in [-0.39, 0.29) is 5.91 Å². The Hall–Kier alpha value is -0.360. The molecule has 0 aromatic carbocycles. The smallest absolute Gasteiger partial charge is 0.225 e. The largest absolute Gasteiger partial charge is 0.311 e. The second-order valence-electron chi connectivity index (χ2n) is 2.70. The van der Waals surface area contributed by atoms with Gasteiger partial charge >= 0.3 is 0 Å². The number of pyridine rings is 1. The molecule has 0 spiro atoms. The van der Waals surface area contributed by atoms with Crippen LogP contribution in [0.1, 0.15) is 12.8 Å². The van der Waals surface area contributed by atoms with Crippen LogP contribution in [-0.4, -0.2) is 16.8 Å². The van der Waals surface area contributed by atoms with E-state index < -0.39 is 0 Å². The molecule has 76 valence electrons. The van der Waals surface area contributed by atoms with Gasteiger partial charge in [-0.3, -0.25) is 4.79 Å². The molecule has 1 amide bonds. The Kier molecular flexibility index (Phi) is 5.17. The third-order valence-electron chi connectivity index (χ3n) is 1.53. The number of hydrogen-bond donors (Lipinski definition) is 1. The van der Waals surface area contributed by atoms with Gasteiger partial charge in [0.25, 0.3) is 0 Å². The maximum absolute atomic E-state index is 11.2. The molecule has 0 aliphatic carbocycles. The molecule has 1 aromatic heterocycles. The molecule has 0 unspecified atom stereocenters. The summed E-state index contributed by atoms with van der Waals surface area (Å²) < 4.78 is 1.04. The summed E-state index contributed by atoms with van der Waals surface area (Å²) >= 11 is 7.63. The van der Waals surface area contributed by atoms with Crippen molar-refractivity contribution >= 4 is 45.9 Å². The summed E-state index contributed by atoms with van der Waals surface area (Å²) in [5, 5.41) is 2.69. The van der Waals surface area contributed by atoms with E-state index in [1.165, 1.54) is 0 Å². The molecule has 14 heavy (non-hydrogen) atoms. The lowest BCUT2D eigenvalue weighted by molar-refractivity contribution is -0.116. The molecular weight excluding hydrogens is 314 g/mol. The minimum absolute atomic E-state index is 0.0423. The van der Waals surface area contributed by atoms with Crippen LogP contribution < -0.4 is 5.32 Å². The van der Waals surface area contributed by atoms with E-state index in [2.05, 4.69) is 32.9 Å². The Morgan fingerprint density at radius 3 is 2.93 bits per heavy atom. The molecule has 1 N–H and O–H groups in total. The number of nitrogens with zero attached hydrogens (tertiary/aromatic N) is 1. The van der Waals surface area contributed by atoms with E-state index in [4.69, 9.17) is 11.6 Å². The lowest BCUT2D eigenvalue weighted by Gasteiger charge is -2.02. The average molecular weight is 325 g/mol. The number of rotatable bonds is 4. The van der Waals surface area contributed by atoms with Gasteiger partial charge in [0.05, 0.1) is 0 Å². The van der Waals surface area contributed by atoms with Gasteiger partial charge in [-0.05, 0) is 41.1 Å². The predicted molar refractivity (Wildman–Crippen MR) is 65.5 cm³/mol. The van der Waals surface area contributed by atoms with Crippen LogP contribution in [0.3, 0.4) is 0 Å². The molecule has 0 radical (unpaired) electrons. The van der Waals surface area contributed by atoms with Crippen molar-refractivity contribution in [1.29, 1.82) is 0 Å². The molecule has 1 heterocycles. The maximum Gasteiger partial charge on any atom is 0.225 e. The van der Waals surface area contributed by atoms with Crippen molar-refractivity contribution in [3.8, 4) is 0 Å². The predicted octanol–water partition coefficient (Wildman–Crippen LogP) is 2.64. The van der Waals surface area contributed by atoms with Crippen LogP contribution in [0, 0.1) is 3.57 Å². The Morgan fingerprint density at radius 1 is 1.57 bits per heavy atom. The fourth-order valence-corrected chi connectivity index (χ4v) is 1.34. The molecular formula is C9H10ClIN2O. The highest BCUT2D eigenvalue weighted by Crippen LogP contribution is 2.07. The van der Waals surface area contributed by atoms with Crippen molar-refractivity contribution in [3.05, 3.63) is 21.9 Å². The van der Waals surface area contributed by atoms with Crippen molar-refractivity contribution < 1.29 is 4.79 Å². The number of aromatic nitrogens is 1. The fraction of sp³-hybridized carbons (Fsp3) is 0.333. The first kappa shape index (κ1) is 11.7. The van der Waals surface area contributed by atoms with E-state index in [9.17, 15) is 4.79 Å². The van der Waals surface area contributed by atoms with E-state index in [0.717, 1.165) is 3.57 Å². The molecule has 0 aliphatic heterocycles. The summed E-state index contributed by atoms with van der Waals surface area (Å²) in [4.78, 5) is 15.3. The van der Waals surface area contributed by atoms with Gasteiger partial charge in [-0.2, -0.15) is 0 Å². The third kappa shape index (κ3) is 4.23. The Labute approximate surface area is 101 Å². The van der Waals surface area contributed by atoms with Gasteiger partial charge < -0.3 is 5.32 Å². The summed E-state index contributed by atoms with van der Waals surface area (Å²) in [6.45, 7) is 0. The molecule has 5 heteroatoms. The van der Waals surface area contributed by atoms with Crippen LogP contribution >= 0.6 is 34.2 Å². The van der Waals surface area contributed by atoms with Crippen LogP contribution in [0.2, 0.25) is 0 Å². The number of alkyl halides is 1. The van der Waals surface area contributed by atoms with Gasteiger partial charge in [-0.25, -0.2) is 4.98 Å². The summed E-state index contributed by atoms with van der Waals surface area (Å²) in [6.07, 6.45) is 2.84. The van der Waals surface area contributed by atoms with Gasteiger partial charge in [0.2, 0.25) is 5.91 Å². The standard InChI is InChI=1S/C9H10ClIN2O/c10-5-1-2-9(14)13-8-4-3-7(11)6-12-8/h3-4,6H,1-2,5H2,(H,12,13,14). The zero-order chi connectivity index (χ0) is 10.4. The van der Waals surface area contributed by atoms with Crippen LogP contribution in [0.5, 0.6) is 0 Å². The number of anilines is 1. The second kappa shape index (κ2) is 6.19. The number of halogens is 2. The highest BCUT2D eigenvalue weighted by molar-refractivity contribution is 14.1. The second-order valence-corrected chi connectivity index (χ2v) is 4.33.